The van der Waals surface area contributed by atoms with Gasteiger partial charge in [-0.05, 0) is 18.1 Å². The standard InChI is InChI=1S/C18H24N4O4S/c1-20-17(23)12-16(19-18(20)24)22-9-5-8-21(10-11-22)13-14-6-3-4-7-15(14)27(2,25)26/h3-4,6-7,12H,5,8-11,13H2,1-2H3,(H,19,24). The predicted octanol–water partition coefficient (Wildman–Crippen LogP) is 0.189. The molecule has 1 aliphatic rings. The van der Waals surface area contributed by atoms with E-state index in [4.69, 9.17) is 0 Å². The molecule has 1 aromatic carbocycles. The van der Waals surface area contributed by atoms with E-state index >= 15 is 0 Å². The van der Waals surface area contributed by atoms with Crippen molar-refractivity contribution in [1.29, 1.82) is 0 Å². The molecular formula is C18H24N4O4S. The van der Waals surface area contributed by atoms with Gasteiger partial charge in [0.25, 0.3) is 5.56 Å². The summed E-state index contributed by atoms with van der Waals surface area (Å²) in [5.74, 6) is 0.529. The molecule has 0 unspecified atom stereocenters. The molecule has 1 aromatic heterocycles. The fourth-order valence-electron chi connectivity index (χ4n) is 3.32. The Kier molecular flexibility index (Phi) is 5.52. The zero-order valence-corrected chi connectivity index (χ0v) is 16.3. The molecular weight excluding hydrogens is 368 g/mol. The lowest BCUT2D eigenvalue weighted by atomic mass is 10.2. The summed E-state index contributed by atoms with van der Waals surface area (Å²) in [6.07, 6.45) is 2.07. The van der Waals surface area contributed by atoms with Crippen molar-refractivity contribution in [2.45, 2.75) is 17.9 Å². The molecule has 0 bridgehead atoms. The molecule has 146 valence electrons. The summed E-state index contributed by atoms with van der Waals surface area (Å²) >= 11 is 0. The van der Waals surface area contributed by atoms with Crippen molar-refractivity contribution in [2.24, 2.45) is 7.05 Å². The molecule has 0 saturated carbocycles. The molecule has 1 aliphatic heterocycles. The van der Waals surface area contributed by atoms with E-state index in [2.05, 4.69) is 9.88 Å². The Morgan fingerprint density at radius 3 is 2.52 bits per heavy atom. The second kappa shape index (κ2) is 7.69. The van der Waals surface area contributed by atoms with Crippen LogP contribution in [0.2, 0.25) is 0 Å². The van der Waals surface area contributed by atoms with E-state index in [9.17, 15) is 18.0 Å². The zero-order valence-electron chi connectivity index (χ0n) is 15.5. The van der Waals surface area contributed by atoms with Crippen LogP contribution in [0.25, 0.3) is 0 Å². The molecule has 2 aromatic rings. The molecule has 2 heterocycles. The van der Waals surface area contributed by atoms with E-state index in [-0.39, 0.29) is 5.56 Å². The third kappa shape index (κ3) is 4.48. The summed E-state index contributed by atoms with van der Waals surface area (Å²) in [6, 6.07) is 8.50. The van der Waals surface area contributed by atoms with Crippen molar-refractivity contribution in [1.82, 2.24) is 14.5 Å². The predicted molar refractivity (Wildman–Crippen MR) is 104 cm³/mol. The van der Waals surface area contributed by atoms with Gasteiger partial charge in [-0.1, -0.05) is 18.2 Å². The van der Waals surface area contributed by atoms with Gasteiger partial charge in [-0.15, -0.1) is 0 Å². The number of hydrogen-bond donors (Lipinski definition) is 1. The van der Waals surface area contributed by atoms with Crippen LogP contribution in [0.15, 0.2) is 44.8 Å². The molecule has 1 fully saturated rings. The molecule has 3 rings (SSSR count). The topological polar surface area (TPSA) is 95.5 Å². The highest BCUT2D eigenvalue weighted by atomic mass is 32.2. The lowest BCUT2D eigenvalue weighted by molar-refractivity contribution is 0.283. The first-order chi connectivity index (χ1) is 12.8. The van der Waals surface area contributed by atoms with Crippen molar-refractivity contribution in [3.63, 3.8) is 0 Å². The first kappa shape index (κ1) is 19.4. The lowest BCUT2D eigenvalue weighted by Crippen LogP contribution is -2.37. The van der Waals surface area contributed by atoms with Crippen LogP contribution in [0.5, 0.6) is 0 Å². The average molecular weight is 392 g/mol. The number of benzene rings is 1. The summed E-state index contributed by atoms with van der Waals surface area (Å²) in [5.41, 5.74) is 0.0213. The molecule has 0 amide bonds. The maximum absolute atomic E-state index is 12.0. The van der Waals surface area contributed by atoms with Crippen molar-refractivity contribution in [3.8, 4) is 0 Å². The Morgan fingerprint density at radius 2 is 1.81 bits per heavy atom. The number of hydrogen-bond acceptors (Lipinski definition) is 6. The van der Waals surface area contributed by atoms with Crippen LogP contribution in [0, 0.1) is 0 Å². The van der Waals surface area contributed by atoms with E-state index in [1.165, 1.54) is 19.4 Å². The smallest absolute Gasteiger partial charge is 0.329 e. The second-order valence-electron chi connectivity index (χ2n) is 6.85. The van der Waals surface area contributed by atoms with Gasteiger partial charge >= 0.3 is 5.69 Å². The van der Waals surface area contributed by atoms with Gasteiger partial charge in [0.15, 0.2) is 9.84 Å². The van der Waals surface area contributed by atoms with Crippen LogP contribution in [0.4, 0.5) is 5.82 Å². The maximum atomic E-state index is 12.0. The minimum absolute atomic E-state index is 0.336. The van der Waals surface area contributed by atoms with Crippen LogP contribution in [0.1, 0.15) is 12.0 Å². The Bertz CT molecular complexity index is 1010. The lowest BCUT2D eigenvalue weighted by Gasteiger charge is -2.23. The number of nitrogens with one attached hydrogen (secondary N) is 1. The number of aromatic nitrogens is 2. The van der Waals surface area contributed by atoms with E-state index in [0.717, 1.165) is 23.1 Å². The SMILES string of the molecule is Cn1c(=O)cc(N2CCCN(Cc3ccccc3S(C)(=O)=O)CC2)[nH]c1=O. The Hall–Kier alpha value is -2.39. The van der Waals surface area contributed by atoms with Gasteiger partial charge in [-0.3, -0.25) is 19.2 Å². The monoisotopic (exact) mass is 392 g/mol. The Labute approximate surface area is 158 Å². The summed E-state index contributed by atoms with van der Waals surface area (Å²) in [6.45, 7) is 3.42. The highest BCUT2D eigenvalue weighted by Crippen LogP contribution is 2.19. The van der Waals surface area contributed by atoms with Crippen LogP contribution >= 0.6 is 0 Å². The quantitative estimate of drug-likeness (QED) is 0.798. The molecule has 9 heteroatoms. The van der Waals surface area contributed by atoms with Gasteiger partial charge in [-0.25, -0.2) is 13.2 Å². The van der Waals surface area contributed by atoms with Gasteiger partial charge in [0.05, 0.1) is 4.90 Å². The normalized spacial score (nSPS) is 16.3. The number of sulfone groups is 1. The molecule has 1 N–H and O–H groups in total. The fourth-order valence-corrected chi connectivity index (χ4v) is 4.26. The first-order valence-electron chi connectivity index (χ1n) is 8.81. The van der Waals surface area contributed by atoms with Gasteiger partial charge < -0.3 is 4.90 Å². The number of aromatic amines is 1. The van der Waals surface area contributed by atoms with Crippen LogP contribution in [0.3, 0.4) is 0 Å². The summed E-state index contributed by atoms with van der Waals surface area (Å²) in [7, 11) is -1.84. The maximum Gasteiger partial charge on any atom is 0.329 e. The molecule has 8 nitrogen and oxygen atoms in total. The highest BCUT2D eigenvalue weighted by molar-refractivity contribution is 7.90. The molecule has 0 radical (unpaired) electrons. The zero-order chi connectivity index (χ0) is 19.6. The van der Waals surface area contributed by atoms with Gasteiger partial charge in [0.1, 0.15) is 5.82 Å². The van der Waals surface area contributed by atoms with E-state index in [1.54, 1.807) is 12.1 Å². The summed E-state index contributed by atoms with van der Waals surface area (Å²) in [5, 5.41) is 0. The van der Waals surface area contributed by atoms with Gasteiger partial charge in [0, 0.05) is 52.1 Å². The van der Waals surface area contributed by atoms with E-state index in [0.29, 0.717) is 36.9 Å². The molecule has 0 spiro atoms. The van der Waals surface area contributed by atoms with Crippen LogP contribution in [-0.4, -0.2) is 55.3 Å². The highest BCUT2D eigenvalue weighted by Gasteiger charge is 2.19. The minimum atomic E-state index is -3.27. The minimum Gasteiger partial charge on any atom is -0.357 e. The molecule has 27 heavy (non-hydrogen) atoms. The third-order valence-corrected chi connectivity index (χ3v) is 6.02. The Balaban J connectivity index is 1.75. The summed E-state index contributed by atoms with van der Waals surface area (Å²) < 4.78 is 25.0. The van der Waals surface area contributed by atoms with Crippen LogP contribution in [-0.2, 0) is 23.4 Å². The van der Waals surface area contributed by atoms with Gasteiger partial charge in [0.2, 0.25) is 0 Å². The van der Waals surface area contributed by atoms with Gasteiger partial charge in [-0.2, -0.15) is 0 Å². The van der Waals surface area contributed by atoms with Crippen molar-refractivity contribution < 1.29 is 8.42 Å². The number of anilines is 1. The number of nitrogens with zero attached hydrogens (tertiary/aromatic N) is 3. The summed E-state index contributed by atoms with van der Waals surface area (Å²) in [4.78, 5) is 31.0. The average Bonchev–Trinajstić information content (AvgIpc) is 2.84. The molecule has 0 aliphatic carbocycles. The first-order valence-corrected chi connectivity index (χ1v) is 10.7. The van der Waals surface area contributed by atoms with Crippen LogP contribution < -0.4 is 16.1 Å². The van der Waals surface area contributed by atoms with E-state index < -0.39 is 15.5 Å². The fraction of sp³-hybridized carbons (Fsp3) is 0.444. The number of H-pyrrole nitrogens is 1. The number of rotatable bonds is 4. The molecule has 1 saturated heterocycles. The van der Waals surface area contributed by atoms with Crippen molar-refractivity contribution >= 4 is 15.7 Å². The molecule has 0 atom stereocenters. The third-order valence-electron chi connectivity index (χ3n) is 4.83. The van der Waals surface area contributed by atoms with Crippen molar-refractivity contribution in [3.05, 3.63) is 56.7 Å². The largest absolute Gasteiger partial charge is 0.357 e. The second-order valence-corrected chi connectivity index (χ2v) is 8.84. The Morgan fingerprint density at radius 1 is 1.07 bits per heavy atom. The van der Waals surface area contributed by atoms with E-state index in [1.807, 2.05) is 17.0 Å². The van der Waals surface area contributed by atoms with Crippen molar-refractivity contribution in [2.75, 3.05) is 37.3 Å².